The standard InChI is InChI=1S/C20H21BN2O4/c1-12(24)17-4-2-3-14-10-18(21(26)27-19(14)17)23-20(25)15-5-6-16-11-22-8-7-13(16)9-15/h2-6,9,18,22,26H,7-8,10-11H2,1H3,(H,23,25)/t18-/m0/s1. The molecule has 0 saturated carbocycles. The molecule has 3 N–H and O–H groups in total. The molecule has 0 aromatic heterocycles. The maximum Gasteiger partial charge on any atom is 0.547 e. The third kappa shape index (κ3) is 3.48. The third-order valence-corrected chi connectivity index (χ3v) is 5.17. The van der Waals surface area contributed by atoms with E-state index >= 15 is 0 Å². The number of carbonyl (C=O) groups excluding carboxylic acids is 2. The van der Waals surface area contributed by atoms with Crippen LogP contribution in [0.2, 0.25) is 0 Å². The minimum Gasteiger partial charge on any atom is -0.534 e. The smallest absolute Gasteiger partial charge is 0.534 e. The van der Waals surface area contributed by atoms with E-state index in [9.17, 15) is 14.6 Å². The van der Waals surface area contributed by atoms with Crippen molar-refractivity contribution in [2.75, 3.05) is 6.54 Å². The minimum atomic E-state index is -1.20. The number of para-hydroxylation sites is 1. The van der Waals surface area contributed by atoms with Gasteiger partial charge in [-0.05, 0) is 61.2 Å². The zero-order valence-electron chi connectivity index (χ0n) is 15.1. The summed E-state index contributed by atoms with van der Waals surface area (Å²) < 4.78 is 5.58. The van der Waals surface area contributed by atoms with Crippen molar-refractivity contribution in [1.82, 2.24) is 10.6 Å². The molecule has 6 nitrogen and oxygen atoms in total. The summed E-state index contributed by atoms with van der Waals surface area (Å²) in [6.07, 6.45) is 1.30. The Bertz CT molecular complexity index is 915. The van der Waals surface area contributed by atoms with E-state index in [4.69, 9.17) is 4.65 Å². The first-order chi connectivity index (χ1) is 13.0. The molecule has 0 aliphatic carbocycles. The molecule has 2 aliphatic heterocycles. The Balaban J connectivity index is 1.52. The van der Waals surface area contributed by atoms with E-state index < -0.39 is 13.1 Å². The van der Waals surface area contributed by atoms with Gasteiger partial charge in [-0.15, -0.1) is 0 Å². The van der Waals surface area contributed by atoms with Crippen molar-refractivity contribution >= 4 is 18.8 Å². The lowest BCUT2D eigenvalue weighted by Gasteiger charge is -2.29. The predicted octanol–water partition coefficient (Wildman–Crippen LogP) is 1.29. The van der Waals surface area contributed by atoms with Gasteiger partial charge in [0.05, 0.1) is 11.5 Å². The minimum absolute atomic E-state index is 0.120. The molecule has 138 valence electrons. The van der Waals surface area contributed by atoms with Crippen LogP contribution in [-0.2, 0) is 19.4 Å². The van der Waals surface area contributed by atoms with Crippen LogP contribution in [0.3, 0.4) is 0 Å². The van der Waals surface area contributed by atoms with Gasteiger partial charge in [0.25, 0.3) is 5.91 Å². The van der Waals surface area contributed by atoms with Gasteiger partial charge < -0.3 is 20.3 Å². The van der Waals surface area contributed by atoms with E-state index in [0.717, 1.165) is 25.1 Å². The first-order valence-electron chi connectivity index (χ1n) is 9.14. The van der Waals surface area contributed by atoms with E-state index in [-0.39, 0.29) is 11.7 Å². The summed E-state index contributed by atoms with van der Waals surface area (Å²) in [7, 11) is -1.20. The number of amides is 1. The highest BCUT2D eigenvalue weighted by Crippen LogP contribution is 2.30. The topological polar surface area (TPSA) is 87.7 Å². The van der Waals surface area contributed by atoms with E-state index in [0.29, 0.717) is 23.3 Å². The number of fused-ring (bicyclic) bond motifs is 2. The van der Waals surface area contributed by atoms with Gasteiger partial charge in [0.15, 0.2) is 5.78 Å². The second-order valence-electron chi connectivity index (χ2n) is 7.05. The summed E-state index contributed by atoms with van der Waals surface area (Å²) in [5.41, 5.74) is 4.21. The quantitative estimate of drug-likeness (QED) is 0.564. The molecule has 2 aromatic carbocycles. The van der Waals surface area contributed by atoms with Crippen molar-refractivity contribution in [3.63, 3.8) is 0 Å². The van der Waals surface area contributed by atoms with Crippen LogP contribution in [0.5, 0.6) is 5.75 Å². The van der Waals surface area contributed by atoms with Crippen LogP contribution in [0.1, 0.15) is 44.3 Å². The monoisotopic (exact) mass is 364 g/mol. The highest BCUT2D eigenvalue weighted by Gasteiger charge is 2.37. The molecule has 0 saturated heterocycles. The zero-order chi connectivity index (χ0) is 19.0. The van der Waals surface area contributed by atoms with E-state index in [1.165, 1.54) is 18.1 Å². The van der Waals surface area contributed by atoms with Gasteiger partial charge in [-0.1, -0.05) is 18.2 Å². The molecule has 4 rings (SSSR count). The van der Waals surface area contributed by atoms with Crippen molar-refractivity contribution < 1.29 is 19.3 Å². The van der Waals surface area contributed by atoms with Crippen LogP contribution in [0.15, 0.2) is 36.4 Å². The number of Topliss-reactive ketones (excluding diaryl/α,β-unsaturated/α-hetero) is 1. The van der Waals surface area contributed by atoms with Crippen molar-refractivity contribution in [1.29, 1.82) is 0 Å². The van der Waals surface area contributed by atoms with Crippen molar-refractivity contribution in [3.05, 3.63) is 64.2 Å². The number of hydrogen-bond donors (Lipinski definition) is 3. The Morgan fingerprint density at radius 2 is 2.07 bits per heavy atom. The van der Waals surface area contributed by atoms with Gasteiger partial charge in [0.1, 0.15) is 5.75 Å². The number of rotatable bonds is 3. The maximum atomic E-state index is 12.7. The fraction of sp³-hybridized carbons (Fsp3) is 0.300. The molecule has 0 radical (unpaired) electrons. The van der Waals surface area contributed by atoms with Gasteiger partial charge in [-0.3, -0.25) is 9.59 Å². The van der Waals surface area contributed by atoms with E-state index in [2.05, 4.69) is 10.6 Å². The highest BCUT2D eigenvalue weighted by atomic mass is 16.5. The molecule has 0 bridgehead atoms. The molecule has 1 amide bonds. The third-order valence-electron chi connectivity index (χ3n) is 5.17. The zero-order valence-corrected chi connectivity index (χ0v) is 15.1. The van der Waals surface area contributed by atoms with Crippen molar-refractivity contribution in [2.45, 2.75) is 32.3 Å². The average Bonchev–Trinajstić information content (AvgIpc) is 2.67. The lowest BCUT2D eigenvalue weighted by Crippen LogP contribution is -2.53. The number of benzene rings is 2. The normalized spacial score (nSPS) is 18.1. The Kier molecular flexibility index (Phi) is 4.72. The molecular formula is C20H21BN2O4. The Morgan fingerprint density at radius 3 is 2.89 bits per heavy atom. The molecule has 1 atom stereocenters. The summed E-state index contributed by atoms with van der Waals surface area (Å²) in [6, 6.07) is 11.0. The van der Waals surface area contributed by atoms with Gasteiger partial charge in [-0.2, -0.15) is 0 Å². The maximum absolute atomic E-state index is 12.7. The molecular weight excluding hydrogens is 343 g/mol. The second-order valence-corrected chi connectivity index (χ2v) is 7.05. The Morgan fingerprint density at radius 1 is 1.22 bits per heavy atom. The summed E-state index contributed by atoms with van der Waals surface area (Å²) >= 11 is 0. The van der Waals surface area contributed by atoms with Gasteiger partial charge >= 0.3 is 7.12 Å². The van der Waals surface area contributed by atoms with Crippen LogP contribution >= 0.6 is 0 Å². The average molecular weight is 364 g/mol. The first kappa shape index (κ1) is 17.8. The van der Waals surface area contributed by atoms with Gasteiger partial charge in [0, 0.05) is 12.1 Å². The highest BCUT2D eigenvalue weighted by molar-refractivity contribution is 6.47. The predicted molar refractivity (Wildman–Crippen MR) is 102 cm³/mol. The number of ketones is 1. The van der Waals surface area contributed by atoms with Crippen LogP contribution in [0, 0.1) is 0 Å². The molecule has 2 heterocycles. The number of hydrogen-bond acceptors (Lipinski definition) is 5. The lowest BCUT2D eigenvalue weighted by molar-refractivity contribution is 0.0938. The van der Waals surface area contributed by atoms with E-state index in [1.807, 2.05) is 18.2 Å². The second kappa shape index (κ2) is 7.17. The first-order valence-corrected chi connectivity index (χ1v) is 9.14. The summed E-state index contributed by atoms with van der Waals surface area (Å²) in [6.45, 7) is 3.19. The van der Waals surface area contributed by atoms with Crippen LogP contribution in [0.25, 0.3) is 0 Å². The molecule has 0 fully saturated rings. The number of nitrogens with one attached hydrogen (secondary N) is 2. The fourth-order valence-electron chi connectivity index (χ4n) is 3.70. The lowest BCUT2D eigenvalue weighted by atomic mass is 9.72. The summed E-state index contributed by atoms with van der Waals surface area (Å²) in [4.78, 5) is 24.4. The summed E-state index contributed by atoms with van der Waals surface area (Å²) in [5, 5.41) is 16.5. The fourth-order valence-corrected chi connectivity index (χ4v) is 3.70. The molecule has 0 spiro atoms. The van der Waals surface area contributed by atoms with Crippen LogP contribution in [0.4, 0.5) is 0 Å². The number of carbonyl (C=O) groups is 2. The van der Waals surface area contributed by atoms with E-state index in [1.54, 1.807) is 18.2 Å². The van der Waals surface area contributed by atoms with Gasteiger partial charge in [0.2, 0.25) is 0 Å². The summed E-state index contributed by atoms with van der Waals surface area (Å²) in [5.74, 6) is -0.533. The van der Waals surface area contributed by atoms with Gasteiger partial charge in [-0.25, -0.2) is 0 Å². The molecule has 2 aliphatic rings. The molecule has 0 unspecified atom stereocenters. The van der Waals surface area contributed by atoms with Crippen molar-refractivity contribution in [2.24, 2.45) is 0 Å². The SMILES string of the molecule is CC(=O)c1cccc2c1OB(O)[C@@H](NC(=O)c1ccc3c(c1)CCNC3)C2. The van der Waals surface area contributed by atoms with Crippen LogP contribution < -0.4 is 15.3 Å². The molecule has 7 heteroatoms. The molecule has 27 heavy (non-hydrogen) atoms. The van der Waals surface area contributed by atoms with Crippen molar-refractivity contribution in [3.8, 4) is 5.75 Å². The largest absolute Gasteiger partial charge is 0.547 e. The molecule has 2 aromatic rings. The van der Waals surface area contributed by atoms with Crippen LogP contribution in [-0.4, -0.2) is 36.3 Å². The Hall–Kier alpha value is -2.64. The Labute approximate surface area is 158 Å².